The SMILES string of the molecule is O=C(CCC1CCCC1)N1CCCC(c2nc(-c3ccc(Cl)cc3)no2)C1. The number of benzene rings is 1. The lowest BCUT2D eigenvalue weighted by Crippen LogP contribution is -2.39. The molecule has 2 aliphatic rings. The average Bonchev–Trinajstić information content (AvgIpc) is 3.39. The molecule has 0 spiro atoms. The summed E-state index contributed by atoms with van der Waals surface area (Å²) in [6, 6.07) is 7.41. The highest BCUT2D eigenvalue weighted by Crippen LogP contribution is 2.31. The molecule has 0 bridgehead atoms. The van der Waals surface area contributed by atoms with Crippen molar-refractivity contribution in [2.75, 3.05) is 13.1 Å². The first kappa shape index (κ1) is 18.5. The topological polar surface area (TPSA) is 59.2 Å². The number of piperidine rings is 1. The van der Waals surface area contributed by atoms with Gasteiger partial charge in [0.2, 0.25) is 17.6 Å². The Morgan fingerprint density at radius 3 is 2.70 bits per heavy atom. The second-order valence-corrected chi connectivity index (χ2v) is 8.27. The molecule has 144 valence electrons. The van der Waals surface area contributed by atoms with E-state index in [4.69, 9.17) is 16.1 Å². The number of amides is 1. The Kier molecular flexibility index (Phi) is 5.77. The summed E-state index contributed by atoms with van der Waals surface area (Å²) in [5, 5.41) is 4.80. The molecule has 2 aromatic rings. The molecule has 0 radical (unpaired) electrons. The van der Waals surface area contributed by atoms with E-state index >= 15 is 0 Å². The predicted molar refractivity (Wildman–Crippen MR) is 104 cm³/mol. The predicted octanol–water partition coefficient (Wildman–Crippen LogP) is 5.07. The van der Waals surface area contributed by atoms with Gasteiger partial charge in [-0.15, -0.1) is 0 Å². The molecule has 1 saturated carbocycles. The van der Waals surface area contributed by atoms with Crippen LogP contribution in [0.5, 0.6) is 0 Å². The maximum Gasteiger partial charge on any atom is 0.231 e. The maximum atomic E-state index is 12.6. The third-order valence-corrected chi connectivity index (χ3v) is 6.16. The molecule has 1 amide bonds. The molecule has 1 aromatic heterocycles. The fourth-order valence-electron chi connectivity index (χ4n) is 4.31. The molecule has 4 rings (SSSR count). The van der Waals surface area contributed by atoms with Crippen molar-refractivity contribution in [3.8, 4) is 11.4 Å². The molecule has 1 aliphatic heterocycles. The lowest BCUT2D eigenvalue weighted by Gasteiger charge is -2.31. The van der Waals surface area contributed by atoms with Crippen LogP contribution in [0.1, 0.15) is 63.2 Å². The van der Waals surface area contributed by atoms with Crippen molar-refractivity contribution >= 4 is 17.5 Å². The Balaban J connectivity index is 1.36. The van der Waals surface area contributed by atoms with Gasteiger partial charge in [-0.3, -0.25) is 4.79 Å². The molecule has 1 aromatic carbocycles. The maximum absolute atomic E-state index is 12.6. The number of nitrogens with zero attached hydrogens (tertiary/aromatic N) is 3. The summed E-state index contributed by atoms with van der Waals surface area (Å²) in [6.45, 7) is 1.53. The number of hydrogen-bond donors (Lipinski definition) is 0. The van der Waals surface area contributed by atoms with Crippen LogP contribution in [0.3, 0.4) is 0 Å². The van der Waals surface area contributed by atoms with Crippen molar-refractivity contribution in [3.05, 3.63) is 35.2 Å². The monoisotopic (exact) mass is 387 g/mol. The molecule has 1 aliphatic carbocycles. The highest BCUT2D eigenvalue weighted by Gasteiger charge is 2.29. The minimum atomic E-state index is 0.128. The smallest absolute Gasteiger partial charge is 0.231 e. The molecule has 27 heavy (non-hydrogen) atoms. The third-order valence-electron chi connectivity index (χ3n) is 5.91. The largest absolute Gasteiger partial charge is 0.342 e. The number of rotatable bonds is 5. The molecular weight excluding hydrogens is 362 g/mol. The quantitative estimate of drug-likeness (QED) is 0.718. The van der Waals surface area contributed by atoms with Gasteiger partial charge in [-0.05, 0) is 49.4 Å². The van der Waals surface area contributed by atoms with Crippen LogP contribution in [0.25, 0.3) is 11.4 Å². The highest BCUT2D eigenvalue weighted by atomic mass is 35.5. The van der Waals surface area contributed by atoms with Crippen molar-refractivity contribution in [1.82, 2.24) is 15.0 Å². The fraction of sp³-hybridized carbons (Fsp3) is 0.571. The van der Waals surface area contributed by atoms with Crippen LogP contribution < -0.4 is 0 Å². The van der Waals surface area contributed by atoms with Gasteiger partial charge in [0.15, 0.2) is 0 Å². The molecule has 1 atom stereocenters. The summed E-state index contributed by atoms with van der Waals surface area (Å²) < 4.78 is 5.53. The molecule has 0 N–H and O–H groups in total. The Bertz CT molecular complexity index is 768. The summed E-state index contributed by atoms with van der Waals surface area (Å²) in [6.07, 6.45) is 8.94. The second-order valence-electron chi connectivity index (χ2n) is 7.83. The van der Waals surface area contributed by atoms with Crippen molar-refractivity contribution in [3.63, 3.8) is 0 Å². The Morgan fingerprint density at radius 2 is 1.93 bits per heavy atom. The molecule has 2 fully saturated rings. The van der Waals surface area contributed by atoms with E-state index in [1.54, 1.807) is 0 Å². The first-order chi connectivity index (χ1) is 13.2. The average molecular weight is 388 g/mol. The molecule has 2 heterocycles. The van der Waals surface area contributed by atoms with Gasteiger partial charge in [0.1, 0.15) is 0 Å². The summed E-state index contributed by atoms with van der Waals surface area (Å²) in [4.78, 5) is 19.2. The molecule has 1 saturated heterocycles. The van der Waals surface area contributed by atoms with Gasteiger partial charge in [0.05, 0.1) is 5.92 Å². The van der Waals surface area contributed by atoms with Crippen LogP contribution in [-0.2, 0) is 4.79 Å². The lowest BCUT2D eigenvalue weighted by molar-refractivity contribution is -0.132. The normalized spacial score (nSPS) is 20.9. The third kappa shape index (κ3) is 4.52. The number of aromatic nitrogens is 2. The van der Waals surface area contributed by atoms with E-state index in [9.17, 15) is 4.79 Å². The number of likely N-dealkylation sites (tertiary alicyclic amines) is 1. The number of hydrogen-bond acceptors (Lipinski definition) is 4. The van der Waals surface area contributed by atoms with Crippen LogP contribution in [0.4, 0.5) is 0 Å². The van der Waals surface area contributed by atoms with E-state index in [-0.39, 0.29) is 11.8 Å². The minimum absolute atomic E-state index is 0.128. The molecule has 5 nitrogen and oxygen atoms in total. The van der Waals surface area contributed by atoms with E-state index < -0.39 is 0 Å². The number of halogens is 1. The van der Waals surface area contributed by atoms with Crippen molar-refractivity contribution in [2.45, 2.75) is 57.3 Å². The van der Waals surface area contributed by atoms with E-state index in [1.807, 2.05) is 29.2 Å². The van der Waals surface area contributed by atoms with E-state index in [1.165, 1.54) is 25.7 Å². The summed E-state index contributed by atoms with van der Waals surface area (Å²) in [5.41, 5.74) is 0.884. The van der Waals surface area contributed by atoms with Gasteiger partial charge in [0, 0.05) is 30.1 Å². The molecule has 1 unspecified atom stereocenters. The van der Waals surface area contributed by atoms with Gasteiger partial charge < -0.3 is 9.42 Å². The number of carbonyl (C=O) groups is 1. The second kappa shape index (κ2) is 8.42. The standard InChI is InChI=1S/C21H26ClN3O2/c22-18-10-8-16(9-11-18)20-23-21(27-24-20)17-6-3-13-25(14-17)19(26)12-7-15-4-1-2-5-15/h8-11,15,17H,1-7,12-14H2. The van der Waals surface area contributed by atoms with Crippen LogP contribution in [0, 0.1) is 5.92 Å². The van der Waals surface area contributed by atoms with Gasteiger partial charge in [-0.2, -0.15) is 4.98 Å². The van der Waals surface area contributed by atoms with Gasteiger partial charge in [-0.25, -0.2) is 0 Å². The summed E-state index contributed by atoms with van der Waals surface area (Å²) in [7, 11) is 0. The zero-order chi connectivity index (χ0) is 18.6. The summed E-state index contributed by atoms with van der Waals surface area (Å²) in [5.74, 6) is 2.37. The van der Waals surface area contributed by atoms with E-state index in [0.29, 0.717) is 29.7 Å². The first-order valence-corrected chi connectivity index (χ1v) is 10.4. The van der Waals surface area contributed by atoms with Crippen molar-refractivity contribution in [1.29, 1.82) is 0 Å². The highest BCUT2D eigenvalue weighted by molar-refractivity contribution is 6.30. The van der Waals surface area contributed by atoms with E-state index in [0.717, 1.165) is 37.3 Å². The van der Waals surface area contributed by atoms with Crippen LogP contribution in [-0.4, -0.2) is 34.0 Å². The van der Waals surface area contributed by atoms with Crippen LogP contribution >= 0.6 is 11.6 Å². The van der Waals surface area contributed by atoms with E-state index in [2.05, 4.69) is 10.1 Å². The molecular formula is C21H26ClN3O2. The Hall–Kier alpha value is -1.88. The number of carbonyl (C=O) groups excluding carboxylic acids is 1. The Labute approximate surface area is 165 Å². The zero-order valence-electron chi connectivity index (χ0n) is 15.6. The first-order valence-electron chi connectivity index (χ1n) is 10.1. The summed E-state index contributed by atoms with van der Waals surface area (Å²) >= 11 is 5.94. The van der Waals surface area contributed by atoms with Gasteiger partial charge in [0.25, 0.3) is 0 Å². The van der Waals surface area contributed by atoms with Crippen molar-refractivity contribution in [2.24, 2.45) is 5.92 Å². The fourth-order valence-corrected chi connectivity index (χ4v) is 4.43. The molecule has 6 heteroatoms. The van der Waals surface area contributed by atoms with Crippen molar-refractivity contribution < 1.29 is 9.32 Å². The van der Waals surface area contributed by atoms with Crippen LogP contribution in [0.2, 0.25) is 5.02 Å². The lowest BCUT2D eigenvalue weighted by atomic mass is 9.96. The van der Waals surface area contributed by atoms with Gasteiger partial charge in [-0.1, -0.05) is 42.4 Å². The minimum Gasteiger partial charge on any atom is -0.342 e. The van der Waals surface area contributed by atoms with Gasteiger partial charge >= 0.3 is 0 Å². The Morgan fingerprint density at radius 1 is 1.15 bits per heavy atom. The zero-order valence-corrected chi connectivity index (χ0v) is 16.3. The van der Waals surface area contributed by atoms with Crippen LogP contribution in [0.15, 0.2) is 28.8 Å².